The normalized spacial score (nSPS) is 12.1. The van der Waals surface area contributed by atoms with Crippen molar-refractivity contribution in [2.45, 2.75) is 13.0 Å². The van der Waals surface area contributed by atoms with Gasteiger partial charge < -0.3 is 14.2 Å². The number of hydrogen-bond acceptors (Lipinski definition) is 4. The van der Waals surface area contributed by atoms with Crippen molar-refractivity contribution >= 4 is 5.97 Å². The van der Waals surface area contributed by atoms with Crippen molar-refractivity contribution in [3.63, 3.8) is 0 Å². The Balaban J connectivity index is 2.42. The van der Waals surface area contributed by atoms with Gasteiger partial charge in [0.2, 0.25) is 0 Å². The first kappa shape index (κ1) is 11.7. The predicted octanol–water partition coefficient (Wildman–Crippen LogP) is 1.60. The molecule has 15 heavy (non-hydrogen) atoms. The van der Waals surface area contributed by atoms with E-state index in [-0.39, 0.29) is 6.79 Å². The molecule has 0 aliphatic rings. The summed E-state index contributed by atoms with van der Waals surface area (Å²) in [6, 6.07) is 8.86. The summed E-state index contributed by atoms with van der Waals surface area (Å²) < 4.78 is 14.8. The van der Waals surface area contributed by atoms with Gasteiger partial charge in [-0.15, -0.1) is 0 Å². The van der Waals surface area contributed by atoms with Crippen molar-refractivity contribution in [1.29, 1.82) is 0 Å². The molecular formula is C11H14O4. The van der Waals surface area contributed by atoms with Gasteiger partial charge in [-0.2, -0.15) is 0 Å². The van der Waals surface area contributed by atoms with Crippen LogP contribution in [-0.4, -0.2) is 26.0 Å². The molecule has 1 aromatic rings. The summed E-state index contributed by atoms with van der Waals surface area (Å²) in [5.74, 6) is 0.0774. The fourth-order valence-electron chi connectivity index (χ4n) is 0.926. The molecular weight excluding hydrogens is 196 g/mol. The van der Waals surface area contributed by atoms with Crippen LogP contribution in [0.5, 0.6) is 5.75 Å². The molecule has 4 heteroatoms. The van der Waals surface area contributed by atoms with Crippen LogP contribution in [0.1, 0.15) is 6.92 Å². The van der Waals surface area contributed by atoms with Crippen molar-refractivity contribution in [2.24, 2.45) is 0 Å². The smallest absolute Gasteiger partial charge is 0.340 e. The molecule has 82 valence electrons. The van der Waals surface area contributed by atoms with E-state index in [1.165, 1.54) is 7.11 Å². The van der Waals surface area contributed by atoms with Crippen molar-refractivity contribution in [3.8, 4) is 5.75 Å². The summed E-state index contributed by atoms with van der Waals surface area (Å²) >= 11 is 0. The van der Waals surface area contributed by atoms with Gasteiger partial charge in [-0.3, -0.25) is 0 Å². The quantitative estimate of drug-likeness (QED) is 0.420. The molecule has 0 fully saturated rings. The Bertz CT molecular complexity index is 297. The number of esters is 1. The number of hydrogen-bond donors (Lipinski definition) is 0. The molecule has 4 nitrogen and oxygen atoms in total. The molecule has 0 saturated heterocycles. The SMILES string of the molecule is COCOC(C)C(=O)Oc1ccccc1. The standard InChI is InChI=1S/C11H14O4/c1-9(14-8-13-2)11(12)15-10-6-4-3-5-7-10/h3-7,9H,8H2,1-2H3. The molecule has 0 N–H and O–H groups in total. The van der Waals surface area contributed by atoms with Gasteiger partial charge >= 0.3 is 5.97 Å². The Morgan fingerprint density at radius 1 is 1.33 bits per heavy atom. The maximum Gasteiger partial charge on any atom is 0.340 e. The Hall–Kier alpha value is -1.39. The fraction of sp³-hybridized carbons (Fsp3) is 0.364. The number of ether oxygens (including phenoxy) is 3. The number of benzene rings is 1. The lowest BCUT2D eigenvalue weighted by molar-refractivity contribution is -0.153. The highest BCUT2D eigenvalue weighted by Crippen LogP contribution is 2.09. The van der Waals surface area contributed by atoms with Crippen LogP contribution in [0.15, 0.2) is 30.3 Å². The lowest BCUT2D eigenvalue weighted by Gasteiger charge is -2.11. The highest BCUT2D eigenvalue weighted by molar-refractivity contribution is 5.76. The molecule has 0 radical (unpaired) electrons. The van der Waals surface area contributed by atoms with Gasteiger partial charge in [0.05, 0.1) is 0 Å². The highest BCUT2D eigenvalue weighted by atomic mass is 16.7. The van der Waals surface area contributed by atoms with Crippen LogP contribution in [0.2, 0.25) is 0 Å². The third-order valence-corrected chi connectivity index (χ3v) is 1.73. The molecule has 1 atom stereocenters. The Morgan fingerprint density at radius 3 is 2.60 bits per heavy atom. The Labute approximate surface area is 88.8 Å². The molecule has 0 spiro atoms. The van der Waals surface area contributed by atoms with Crippen LogP contribution in [0, 0.1) is 0 Å². The summed E-state index contributed by atoms with van der Waals surface area (Å²) in [6.45, 7) is 1.69. The molecule has 1 unspecified atom stereocenters. The average molecular weight is 210 g/mol. The zero-order valence-corrected chi connectivity index (χ0v) is 8.80. The fourth-order valence-corrected chi connectivity index (χ4v) is 0.926. The van der Waals surface area contributed by atoms with Crippen LogP contribution >= 0.6 is 0 Å². The minimum atomic E-state index is -0.634. The minimum absolute atomic E-state index is 0.0745. The van der Waals surface area contributed by atoms with Crippen molar-refractivity contribution in [1.82, 2.24) is 0 Å². The van der Waals surface area contributed by atoms with Gasteiger partial charge in [-0.1, -0.05) is 18.2 Å². The van der Waals surface area contributed by atoms with Gasteiger partial charge in [0.15, 0.2) is 6.10 Å². The van der Waals surface area contributed by atoms with E-state index in [0.717, 1.165) is 0 Å². The Kier molecular flexibility index (Phi) is 4.80. The average Bonchev–Trinajstić information content (AvgIpc) is 2.27. The summed E-state index contributed by atoms with van der Waals surface area (Å²) in [7, 11) is 1.50. The first-order valence-electron chi connectivity index (χ1n) is 4.61. The monoisotopic (exact) mass is 210 g/mol. The second kappa shape index (κ2) is 6.16. The number of para-hydroxylation sites is 1. The van der Waals surface area contributed by atoms with Gasteiger partial charge in [0.25, 0.3) is 0 Å². The van der Waals surface area contributed by atoms with Gasteiger partial charge in [-0.25, -0.2) is 4.79 Å². The second-order valence-corrected chi connectivity index (χ2v) is 2.95. The van der Waals surface area contributed by atoms with E-state index in [1.54, 1.807) is 31.2 Å². The van der Waals surface area contributed by atoms with Crippen LogP contribution in [0.3, 0.4) is 0 Å². The maximum atomic E-state index is 11.4. The van der Waals surface area contributed by atoms with E-state index in [4.69, 9.17) is 9.47 Å². The van der Waals surface area contributed by atoms with Crippen molar-refractivity contribution in [2.75, 3.05) is 13.9 Å². The first-order valence-corrected chi connectivity index (χ1v) is 4.61. The van der Waals surface area contributed by atoms with E-state index in [9.17, 15) is 4.79 Å². The molecule has 0 saturated carbocycles. The third-order valence-electron chi connectivity index (χ3n) is 1.73. The van der Waals surface area contributed by atoms with E-state index in [0.29, 0.717) is 5.75 Å². The van der Waals surface area contributed by atoms with Gasteiger partial charge in [0, 0.05) is 7.11 Å². The van der Waals surface area contributed by atoms with E-state index >= 15 is 0 Å². The van der Waals surface area contributed by atoms with Crippen LogP contribution in [0.4, 0.5) is 0 Å². The molecule has 1 rings (SSSR count). The van der Waals surface area contributed by atoms with Gasteiger partial charge in [-0.05, 0) is 19.1 Å². The zero-order chi connectivity index (χ0) is 11.1. The third kappa shape index (κ3) is 4.10. The van der Waals surface area contributed by atoms with Crippen LogP contribution in [-0.2, 0) is 14.3 Å². The van der Waals surface area contributed by atoms with Crippen molar-refractivity contribution in [3.05, 3.63) is 30.3 Å². The molecule has 1 aromatic carbocycles. The van der Waals surface area contributed by atoms with Crippen molar-refractivity contribution < 1.29 is 19.0 Å². The second-order valence-electron chi connectivity index (χ2n) is 2.95. The zero-order valence-electron chi connectivity index (χ0n) is 8.80. The Morgan fingerprint density at radius 2 is 2.00 bits per heavy atom. The van der Waals surface area contributed by atoms with E-state index in [2.05, 4.69) is 4.74 Å². The summed E-state index contributed by atoms with van der Waals surface area (Å²) in [5, 5.41) is 0. The van der Waals surface area contributed by atoms with E-state index in [1.807, 2.05) is 6.07 Å². The maximum absolute atomic E-state index is 11.4. The van der Waals surface area contributed by atoms with Crippen LogP contribution in [0.25, 0.3) is 0 Å². The van der Waals surface area contributed by atoms with Gasteiger partial charge in [0.1, 0.15) is 12.5 Å². The minimum Gasteiger partial charge on any atom is -0.425 e. The molecule has 0 amide bonds. The summed E-state index contributed by atoms with van der Waals surface area (Å²) in [5.41, 5.74) is 0. The molecule has 0 aliphatic heterocycles. The number of carbonyl (C=O) groups excluding carboxylic acids is 1. The topological polar surface area (TPSA) is 44.8 Å². The summed E-state index contributed by atoms with van der Waals surface area (Å²) in [4.78, 5) is 11.4. The lowest BCUT2D eigenvalue weighted by atomic mass is 10.3. The predicted molar refractivity (Wildman–Crippen MR) is 54.5 cm³/mol. The highest BCUT2D eigenvalue weighted by Gasteiger charge is 2.15. The number of methoxy groups -OCH3 is 1. The molecule has 0 heterocycles. The van der Waals surface area contributed by atoms with Crippen LogP contribution < -0.4 is 4.74 Å². The largest absolute Gasteiger partial charge is 0.425 e. The lowest BCUT2D eigenvalue weighted by Crippen LogP contribution is -2.26. The summed E-state index contributed by atoms with van der Waals surface area (Å²) in [6.07, 6.45) is -0.634. The molecule has 0 bridgehead atoms. The van der Waals surface area contributed by atoms with E-state index < -0.39 is 12.1 Å². The molecule has 0 aliphatic carbocycles. The first-order chi connectivity index (χ1) is 7.24. The number of rotatable bonds is 5. The molecule has 0 aromatic heterocycles. The number of carbonyl (C=O) groups is 1.